The molecule has 15 aromatic rings. The molecule has 15 rings (SSSR count). The Hall–Kier alpha value is -14.3. The molecular formula is C102H65F22NaO13S2. The van der Waals surface area contributed by atoms with Gasteiger partial charge in [0.1, 0.15) is 74.1 Å². The van der Waals surface area contributed by atoms with Crippen LogP contribution in [0.2, 0.25) is 0 Å². The van der Waals surface area contributed by atoms with E-state index < -0.39 is 199 Å². The smallest absolute Gasteiger partial charge is 0.497 e. The molecule has 0 saturated carbocycles. The van der Waals surface area contributed by atoms with Crippen molar-refractivity contribution < 1.29 is 185 Å². The van der Waals surface area contributed by atoms with Crippen LogP contribution in [0, 0.1) is 134 Å². The summed E-state index contributed by atoms with van der Waals surface area (Å²) in [5, 5.41) is 0. The summed E-state index contributed by atoms with van der Waals surface area (Å²) in [6.07, 6.45) is -10.00. The van der Waals surface area contributed by atoms with Gasteiger partial charge in [0.2, 0.25) is 52.2 Å². The zero-order valence-electron chi connectivity index (χ0n) is 73.6. The van der Waals surface area contributed by atoms with Gasteiger partial charge in [0.25, 0.3) is 0 Å². The van der Waals surface area contributed by atoms with Gasteiger partial charge in [-0.1, -0.05) is 103 Å². The second-order valence-electron chi connectivity index (χ2n) is 30.9. The molecule has 0 amide bonds. The number of hydrogen-bond donors (Lipinski definition) is 0. The molecule has 140 heavy (non-hydrogen) atoms. The molecule has 0 N–H and O–H groups in total. The Balaban J connectivity index is 0.000000252. The molecule has 15 aromatic carbocycles. The Morgan fingerprint density at radius 3 is 0.814 bits per heavy atom. The molecule has 38 heteroatoms. The summed E-state index contributed by atoms with van der Waals surface area (Å²) in [5.41, 5.74) is -9.76. The number of rotatable bonds is 24. The summed E-state index contributed by atoms with van der Waals surface area (Å²) >= 11 is 0. The standard InChI is InChI=1S/C57H34F18O4.C45H31F4O6S.Na.O3S/c1-25-36(76-32-17-9-28(10-18-32)54(4,56(70,71)72)30-13-21-34(22-14-30)78-52-48(66)42(60)27(3)43(61)49(52)67)7-6-8-37(25)77-33-19-11-29(12-20-33)55(5,57(73,74)75)31-15-23-35(24-16-31)79-53-50(68)46(64)39(47(65)51(53)69)38-44(62)40(58)26(2)41(59)45(38)63;1-27-26-39(24-25-40(27)54-36-16-8-31(9-17-36)29-4-12-33(52-3)13-5-29)56(50,51)38-22-20-35(21-23-38)53-34-14-6-30(7-15-34)32-10-18-37(19-11-32)55-45-43(48)41(46)28(2)42(47)44(45)49;;1-4(2)3/h6-24H,1-5H3;4-20,22-26H,1-3H3;;/q;-1;+1;. The van der Waals surface area contributed by atoms with E-state index in [0.29, 0.717) is 46.6 Å². The van der Waals surface area contributed by atoms with Gasteiger partial charge in [-0.2, -0.15) is 64.8 Å². The quantitative estimate of drug-likeness (QED) is 0.0244. The van der Waals surface area contributed by atoms with Crippen molar-refractivity contribution in [1.82, 2.24) is 0 Å². The third-order valence-electron chi connectivity index (χ3n) is 22.3. The average molecular weight is 2000 g/mol. The third-order valence-corrected chi connectivity index (χ3v) is 24.1. The van der Waals surface area contributed by atoms with Gasteiger partial charge in [0.05, 0.1) is 23.1 Å². The summed E-state index contributed by atoms with van der Waals surface area (Å²) in [4.78, 5) is 0.143. The molecule has 0 aromatic heterocycles. The normalized spacial score (nSPS) is 12.3. The van der Waals surface area contributed by atoms with Crippen LogP contribution >= 0.6 is 0 Å². The van der Waals surface area contributed by atoms with Crippen molar-refractivity contribution in [3.63, 3.8) is 0 Å². The van der Waals surface area contributed by atoms with Crippen LogP contribution in [0.25, 0.3) is 33.4 Å². The number of benzene rings is 15. The van der Waals surface area contributed by atoms with Crippen LogP contribution in [0.3, 0.4) is 0 Å². The molecule has 0 heterocycles. The van der Waals surface area contributed by atoms with Crippen molar-refractivity contribution >= 4 is 20.4 Å². The molecule has 718 valence electrons. The van der Waals surface area contributed by atoms with Gasteiger partial charge in [-0.3, -0.25) is 0 Å². The van der Waals surface area contributed by atoms with Gasteiger partial charge >= 0.3 is 52.5 Å². The van der Waals surface area contributed by atoms with Crippen LogP contribution in [-0.2, 0) is 31.3 Å². The van der Waals surface area contributed by atoms with Crippen molar-refractivity contribution in [3.05, 3.63) is 398 Å². The van der Waals surface area contributed by atoms with Crippen LogP contribution in [0.5, 0.6) is 86.2 Å². The predicted octanol–water partition coefficient (Wildman–Crippen LogP) is 27.1. The van der Waals surface area contributed by atoms with E-state index in [1.54, 1.807) is 69.5 Å². The Bertz CT molecular complexity index is 7300. The summed E-state index contributed by atoms with van der Waals surface area (Å²) < 4.78 is 418. The summed E-state index contributed by atoms with van der Waals surface area (Å²) in [6.45, 7) is 7.30. The van der Waals surface area contributed by atoms with E-state index >= 15 is 30.7 Å². The Labute approximate surface area is 806 Å². The average Bonchev–Trinajstić information content (AvgIpc) is 0.611. The molecule has 0 radical (unpaired) electrons. The maximum Gasteiger partial charge on any atom is 1.00 e. The van der Waals surface area contributed by atoms with E-state index in [2.05, 4.69) is 6.07 Å². The van der Waals surface area contributed by atoms with Crippen molar-refractivity contribution in [2.24, 2.45) is 0 Å². The van der Waals surface area contributed by atoms with Crippen molar-refractivity contribution in [1.29, 1.82) is 0 Å². The largest absolute Gasteiger partial charge is 1.00 e. The molecule has 0 spiro atoms. The fourth-order valence-corrected chi connectivity index (χ4v) is 15.5. The fraction of sp³-hybridized carbons (Fsp3) is 0.118. The van der Waals surface area contributed by atoms with E-state index in [9.17, 15) is 74.3 Å². The maximum absolute atomic E-state index is 15.2. The second-order valence-corrected chi connectivity index (χ2v) is 33.3. The molecule has 0 aliphatic heterocycles. The van der Waals surface area contributed by atoms with Crippen LogP contribution in [-0.4, -0.2) is 40.5 Å². The van der Waals surface area contributed by atoms with Crippen LogP contribution in [0.1, 0.15) is 63.9 Å². The number of sulfone groups is 1. The first kappa shape index (κ1) is 105. The molecular weight excluding hydrogens is 1940 g/mol. The molecule has 0 aliphatic carbocycles. The molecule has 13 nitrogen and oxygen atoms in total. The van der Waals surface area contributed by atoms with E-state index in [-0.39, 0.29) is 84.8 Å². The first-order valence-corrected chi connectivity index (χ1v) is 42.9. The van der Waals surface area contributed by atoms with E-state index in [0.717, 1.165) is 123 Å². The van der Waals surface area contributed by atoms with E-state index in [4.69, 9.17) is 50.5 Å². The van der Waals surface area contributed by atoms with Crippen LogP contribution < -0.4 is 67.5 Å². The minimum Gasteiger partial charge on any atom is -0.497 e. The SMILES string of the molecule is COc1ccc(-c2ccc(Oc3ccc(S(=O)(=O)c4c[c-]c(Oc5ccc(-c6ccc(Oc7c(F)c(F)c(C)c(F)c7F)cc6)cc5)cc4)cc3C)cc2)cc1.Cc1c(Oc2ccc(C(C)(c3ccc(Oc4c(F)c(F)c(C)c(F)c4F)cc3)C(F)(F)F)cc2)cccc1Oc1ccc(C(C)(c2ccc(Oc3c(F)c(F)c(-c4c(F)c(F)c(C)c(F)c4F)c(F)c3F)cc2)C(F)(F)F)cc1.O=S(=O)=O.[Na+]. The number of aryl methyl sites for hydroxylation is 1. The Kier molecular flexibility index (Phi) is 31.5. The van der Waals surface area contributed by atoms with Gasteiger partial charge in [0.15, 0.2) is 68.0 Å². The minimum atomic E-state index is -5.05. The van der Waals surface area contributed by atoms with Gasteiger partial charge < -0.3 is 37.9 Å². The first-order valence-electron chi connectivity index (χ1n) is 40.4. The number of hydrogen-bond acceptors (Lipinski definition) is 13. The molecule has 0 bridgehead atoms. The monoisotopic (exact) mass is 2000 g/mol. The number of alkyl halides is 6. The zero-order chi connectivity index (χ0) is 101. The number of halogens is 22. The van der Waals surface area contributed by atoms with E-state index in [1.807, 2.05) is 48.5 Å². The number of methoxy groups -OCH3 is 1. The first-order chi connectivity index (χ1) is 65.6. The Morgan fingerprint density at radius 2 is 0.536 bits per heavy atom. The van der Waals surface area contributed by atoms with Crippen molar-refractivity contribution in [2.45, 2.75) is 81.4 Å². The number of ether oxygens (including phenoxy) is 8. The maximum atomic E-state index is 15.2. The van der Waals surface area contributed by atoms with Crippen LogP contribution in [0.15, 0.2) is 259 Å². The van der Waals surface area contributed by atoms with Crippen molar-refractivity contribution in [3.8, 4) is 120 Å². The van der Waals surface area contributed by atoms with Crippen molar-refractivity contribution in [2.75, 3.05) is 7.11 Å². The molecule has 2 unspecified atom stereocenters. The third kappa shape index (κ3) is 21.5. The molecule has 0 aliphatic rings. The summed E-state index contributed by atoms with van der Waals surface area (Å²) in [7, 11) is -5.37. The Morgan fingerprint density at radius 1 is 0.286 bits per heavy atom. The molecule has 0 fully saturated rings. The van der Waals surface area contributed by atoms with Gasteiger partial charge in [-0.05, 0) is 231 Å². The zero-order valence-corrected chi connectivity index (χ0v) is 77.2. The van der Waals surface area contributed by atoms with Gasteiger partial charge in [-0.15, -0.1) is 24.8 Å². The van der Waals surface area contributed by atoms with E-state index in [1.165, 1.54) is 78.9 Å². The molecule has 0 saturated heterocycles. The van der Waals surface area contributed by atoms with Gasteiger partial charge in [-0.25, -0.2) is 52.3 Å². The van der Waals surface area contributed by atoms with Crippen LogP contribution in [0.4, 0.5) is 96.6 Å². The summed E-state index contributed by atoms with van der Waals surface area (Å²) in [6, 6.07) is 60.9. The predicted molar refractivity (Wildman–Crippen MR) is 463 cm³/mol. The fourth-order valence-electron chi connectivity index (χ4n) is 14.2. The minimum absolute atomic E-state index is 0. The second kappa shape index (κ2) is 42.2. The topological polar surface area (TPSA) is 159 Å². The van der Waals surface area contributed by atoms with Gasteiger partial charge in [0, 0.05) is 28.0 Å². The molecule has 2 atom stereocenters. The summed E-state index contributed by atoms with van der Waals surface area (Å²) in [5.74, 6) is -34.9.